The van der Waals surface area contributed by atoms with Crippen molar-refractivity contribution in [2.24, 2.45) is 5.92 Å². The first-order valence-electron chi connectivity index (χ1n) is 11.1. The molecular weight excluding hydrogens is 462 g/mol. The number of carbonyl (C=O) groups excluding carboxylic acids is 2. The number of rotatable bonds is 9. The Labute approximate surface area is 202 Å². The highest BCUT2D eigenvalue weighted by Crippen LogP contribution is 2.35. The zero-order valence-corrected chi connectivity index (χ0v) is 20.3. The smallest absolute Gasteiger partial charge is 0.270 e. The number of halogens is 1. The molecule has 2 atom stereocenters. The lowest BCUT2D eigenvalue weighted by Gasteiger charge is -2.22. The minimum atomic E-state index is -0.847. The zero-order valence-electron chi connectivity index (χ0n) is 19.5. The molecule has 0 unspecified atom stereocenters. The number of nitro groups is 1. The molecule has 182 valence electrons. The van der Waals surface area contributed by atoms with E-state index in [1.54, 1.807) is 13.8 Å². The molecule has 2 amide bonds. The Kier molecular flexibility index (Phi) is 7.98. The van der Waals surface area contributed by atoms with E-state index >= 15 is 0 Å². The Morgan fingerprint density at radius 1 is 1.29 bits per heavy atom. The van der Waals surface area contributed by atoms with E-state index in [0.717, 1.165) is 29.4 Å². The van der Waals surface area contributed by atoms with Crippen molar-refractivity contribution >= 4 is 29.1 Å². The molecule has 1 aliphatic heterocycles. The summed E-state index contributed by atoms with van der Waals surface area (Å²) < 4.78 is 11.6. The van der Waals surface area contributed by atoms with Crippen molar-refractivity contribution in [3.8, 4) is 11.5 Å². The predicted molar refractivity (Wildman–Crippen MR) is 127 cm³/mol. The molecule has 34 heavy (non-hydrogen) atoms. The van der Waals surface area contributed by atoms with Crippen LogP contribution < -0.4 is 20.1 Å². The highest BCUT2D eigenvalue weighted by molar-refractivity contribution is 6.34. The molecule has 0 spiro atoms. The Bertz CT molecular complexity index is 1100. The first-order valence-corrected chi connectivity index (χ1v) is 11.5. The topological polar surface area (TPSA) is 120 Å². The Balaban J connectivity index is 1.72. The summed E-state index contributed by atoms with van der Waals surface area (Å²) in [5.41, 5.74) is 1.67. The Morgan fingerprint density at radius 2 is 2.03 bits per heavy atom. The summed E-state index contributed by atoms with van der Waals surface area (Å²) in [6.45, 7) is 8.17. The van der Waals surface area contributed by atoms with Crippen molar-refractivity contribution in [3.05, 3.63) is 62.2 Å². The number of carbonyl (C=O) groups is 2. The van der Waals surface area contributed by atoms with Crippen molar-refractivity contribution in [2.75, 3.05) is 6.61 Å². The van der Waals surface area contributed by atoms with Crippen LogP contribution in [0.4, 0.5) is 5.69 Å². The molecule has 0 aliphatic carbocycles. The van der Waals surface area contributed by atoms with Gasteiger partial charge in [0.15, 0.2) is 0 Å². The number of benzene rings is 2. The van der Waals surface area contributed by atoms with E-state index in [9.17, 15) is 19.7 Å². The summed E-state index contributed by atoms with van der Waals surface area (Å²) >= 11 is 6.06. The largest absolute Gasteiger partial charge is 0.494 e. The van der Waals surface area contributed by atoms with Crippen LogP contribution in [-0.2, 0) is 17.8 Å². The van der Waals surface area contributed by atoms with Gasteiger partial charge in [-0.1, -0.05) is 25.4 Å². The van der Waals surface area contributed by atoms with Gasteiger partial charge in [-0.05, 0) is 38.0 Å². The van der Waals surface area contributed by atoms with Crippen molar-refractivity contribution in [1.29, 1.82) is 0 Å². The van der Waals surface area contributed by atoms with Gasteiger partial charge in [-0.3, -0.25) is 19.7 Å². The summed E-state index contributed by atoms with van der Waals surface area (Å²) in [5.74, 6) is 0.266. The average molecular weight is 490 g/mol. The average Bonchev–Trinajstić information content (AvgIpc) is 3.14. The maximum absolute atomic E-state index is 13.0. The van der Waals surface area contributed by atoms with Crippen LogP contribution in [0.3, 0.4) is 0 Å². The number of nitro benzene ring substituents is 1. The van der Waals surface area contributed by atoms with Crippen LogP contribution >= 0.6 is 11.6 Å². The van der Waals surface area contributed by atoms with Gasteiger partial charge in [0.1, 0.15) is 23.6 Å². The maximum Gasteiger partial charge on any atom is 0.270 e. The fourth-order valence-electron chi connectivity index (χ4n) is 3.76. The van der Waals surface area contributed by atoms with Crippen LogP contribution in [0.2, 0.25) is 5.02 Å². The van der Waals surface area contributed by atoms with Gasteiger partial charge in [0.2, 0.25) is 5.91 Å². The fraction of sp³-hybridized carbons (Fsp3) is 0.417. The molecular formula is C24H28ClN3O6. The third-order valence-electron chi connectivity index (χ3n) is 5.48. The van der Waals surface area contributed by atoms with Gasteiger partial charge in [-0.2, -0.15) is 0 Å². The van der Waals surface area contributed by atoms with E-state index in [1.807, 2.05) is 26.0 Å². The van der Waals surface area contributed by atoms with Gasteiger partial charge in [-0.15, -0.1) is 0 Å². The molecule has 0 saturated heterocycles. The van der Waals surface area contributed by atoms with Crippen LogP contribution in [0, 0.1) is 16.0 Å². The molecule has 2 N–H and O–H groups in total. The molecule has 1 aliphatic rings. The minimum Gasteiger partial charge on any atom is -0.494 e. The molecule has 0 saturated carbocycles. The first-order chi connectivity index (χ1) is 16.1. The first kappa shape index (κ1) is 25.3. The van der Waals surface area contributed by atoms with Crippen LogP contribution in [-0.4, -0.2) is 35.5 Å². The molecule has 2 aromatic rings. The second-order valence-electron chi connectivity index (χ2n) is 8.47. The van der Waals surface area contributed by atoms with E-state index in [1.165, 1.54) is 12.1 Å². The molecule has 0 bridgehead atoms. The zero-order chi connectivity index (χ0) is 25.0. The van der Waals surface area contributed by atoms with Gasteiger partial charge in [0, 0.05) is 36.2 Å². The van der Waals surface area contributed by atoms with Gasteiger partial charge in [0.05, 0.1) is 22.1 Å². The van der Waals surface area contributed by atoms with Gasteiger partial charge < -0.3 is 20.1 Å². The van der Waals surface area contributed by atoms with Crippen LogP contribution in [0.15, 0.2) is 30.3 Å². The lowest BCUT2D eigenvalue weighted by molar-refractivity contribution is -0.384. The van der Waals surface area contributed by atoms with Crippen LogP contribution in [0.5, 0.6) is 11.5 Å². The van der Waals surface area contributed by atoms with Gasteiger partial charge in [0.25, 0.3) is 11.6 Å². The Morgan fingerprint density at radius 3 is 2.65 bits per heavy atom. The number of ether oxygens (including phenoxy) is 2. The molecule has 0 radical (unpaired) electrons. The number of fused-ring (bicyclic) bond motifs is 1. The van der Waals surface area contributed by atoms with Crippen molar-refractivity contribution in [1.82, 2.24) is 10.6 Å². The molecule has 0 fully saturated rings. The summed E-state index contributed by atoms with van der Waals surface area (Å²) in [5, 5.41) is 16.4. The summed E-state index contributed by atoms with van der Waals surface area (Å²) in [6.07, 6.45) is 0.885. The number of nitrogens with zero attached hydrogens (tertiary/aromatic N) is 1. The standard InChI is InChI=1S/C24H28ClN3O6/c1-5-33-20-9-15-8-14(4)34-21(15)10-16(20)12-26-24(30)22(13(2)3)27-23(29)18-7-6-17(28(31)32)11-19(18)25/h6-7,9-11,13-14,22H,5,8,12H2,1-4H3,(H,26,30)(H,27,29)/t14-,22+/m0/s1. The monoisotopic (exact) mass is 489 g/mol. The lowest BCUT2D eigenvalue weighted by atomic mass is 10.0. The van der Waals surface area contributed by atoms with E-state index in [2.05, 4.69) is 10.6 Å². The molecule has 10 heteroatoms. The predicted octanol–water partition coefficient (Wildman–Crippen LogP) is 4.04. The number of nitrogens with one attached hydrogen (secondary N) is 2. The summed E-state index contributed by atoms with van der Waals surface area (Å²) in [6, 6.07) is 6.54. The number of non-ortho nitro benzene ring substituents is 1. The third kappa shape index (κ3) is 5.77. The highest BCUT2D eigenvalue weighted by atomic mass is 35.5. The number of amides is 2. The van der Waals surface area contributed by atoms with E-state index in [4.69, 9.17) is 21.1 Å². The Hall–Kier alpha value is -3.33. The third-order valence-corrected chi connectivity index (χ3v) is 5.79. The fourth-order valence-corrected chi connectivity index (χ4v) is 4.02. The second-order valence-corrected chi connectivity index (χ2v) is 8.87. The second kappa shape index (κ2) is 10.7. The van der Waals surface area contributed by atoms with E-state index in [0.29, 0.717) is 12.4 Å². The van der Waals surface area contributed by atoms with Crippen molar-refractivity contribution in [2.45, 2.75) is 52.8 Å². The molecule has 1 heterocycles. The van der Waals surface area contributed by atoms with Crippen LogP contribution in [0.1, 0.15) is 49.2 Å². The molecule has 9 nitrogen and oxygen atoms in total. The van der Waals surface area contributed by atoms with E-state index < -0.39 is 16.9 Å². The van der Waals surface area contributed by atoms with Crippen LogP contribution in [0.25, 0.3) is 0 Å². The normalized spacial score (nSPS) is 15.3. The molecule has 2 aromatic carbocycles. The van der Waals surface area contributed by atoms with Gasteiger partial charge in [-0.25, -0.2) is 0 Å². The van der Waals surface area contributed by atoms with E-state index in [-0.39, 0.29) is 40.7 Å². The molecule has 0 aromatic heterocycles. The minimum absolute atomic E-state index is 0.0502. The number of hydrogen-bond donors (Lipinski definition) is 2. The van der Waals surface area contributed by atoms with Gasteiger partial charge >= 0.3 is 0 Å². The SMILES string of the molecule is CCOc1cc2c(cc1CNC(=O)[C@H](NC(=O)c1ccc([N+](=O)[O-])cc1Cl)C(C)C)O[C@@H](C)C2. The summed E-state index contributed by atoms with van der Waals surface area (Å²) in [4.78, 5) is 36.0. The lowest BCUT2D eigenvalue weighted by Crippen LogP contribution is -2.49. The highest BCUT2D eigenvalue weighted by Gasteiger charge is 2.27. The quantitative estimate of drug-likeness (QED) is 0.405. The summed E-state index contributed by atoms with van der Waals surface area (Å²) in [7, 11) is 0. The van der Waals surface area contributed by atoms with Crippen molar-refractivity contribution < 1.29 is 24.0 Å². The molecule has 3 rings (SSSR count). The maximum atomic E-state index is 13.0. The number of hydrogen-bond acceptors (Lipinski definition) is 6. The van der Waals surface area contributed by atoms with Crippen molar-refractivity contribution in [3.63, 3.8) is 0 Å².